The molecule has 0 unspecified atom stereocenters. The SMILES string of the molecule is COc1ccc(N2CCN(c3cc(Cl)nc(SCC(=O)N4CCCCC4)n3)CC2)cc1. The molecule has 0 bridgehead atoms. The lowest BCUT2D eigenvalue weighted by Crippen LogP contribution is -2.46. The molecule has 0 spiro atoms. The first-order valence-electron chi connectivity index (χ1n) is 10.7. The van der Waals surface area contributed by atoms with Crippen molar-refractivity contribution in [2.45, 2.75) is 24.4 Å². The van der Waals surface area contributed by atoms with Crippen LogP contribution in [-0.4, -0.2) is 72.9 Å². The van der Waals surface area contributed by atoms with E-state index in [4.69, 9.17) is 16.3 Å². The van der Waals surface area contributed by atoms with Crippen molar-refractivity contribution in [3.8, 4) is 5.75 Å². The molecule has 2 aliphatic heterocycles. The average molecular weight is 462 g/mol. The van der Waals surface area contributed by atoms with Gasteiger partial charge in [-0.1, -0.05) is 23.4 Å². The van der Waals surface area contributed by atoms with Gasteiger partial charge in [0.25, 0.3) is 0 Å². The lowest BCUT2D eigenvalue weighted by molar-refractivity contribution is -0.129. The second-order valence-corrected chi connectivity index (χ2v) is 9.06. The van der Waals surface area contributed by atoms with Crippen LogP contribution in [-0.2, 0) is 4.79 Å². The van der Waals surface area contributed by atoms with E-state index in [1.54, 1.807) is 13.2 Å². The number of piperazine rings is 1. The molecule has 0 aliphatic carbocycles. The highest BCUT2D eigenvalue weighted by Gasteiger charge is 2.21. The van der Waals surface area contributed by atoms with Crippen LogP contribution in [0.2, 0.25) is 5.15 Å². The summed E-state index contributed by atoms with van der Waals surface area (Å²) in [5.41, 5.74) is 1.19. The van der Waals surface area contributed by atoms with E-state index in [9.17, 15) is 4.79 Å². The highest BCUT2D eigenvalue weighted by molar-refractivity contribution is 7.99. The summed E-state index contributed by atoms with van der Waals surface area (Å²) in [6, 6.07) is 9.95. The Morgan fingerprint density at radius 3 is 2.35 bits per heavy atom. The lowest BCUT2D eigenvalue weighted by Gasteiger charge is -2.36. The maximum absolute atomic E-state index is 12.4. The van der Waals surface area contributed by atoms with Gasteiger partial charge >= 0.3 is 0 Å². The molecule has 7 nitrogen and oxygen atoms in total. The summed E-state index contributed by atoms with van der Waals surface area (Å²) in [6.45, 7) is 5.19. The van der Waals surface area contributed by atoms with Crippen molar-refractivity contribution < 1.29 is 9.53 Å². The zero-order valence-electron chi connectivity index (χ0n) is 17.8. The number of benzene rings is 1. The zero-order chi connectivity index (χ0) is 21.6. The van der Waals surface area contributed by atoms with Crippen LogP contribution in [0.25, 0.3) is 0 Å². The minimum Gasteiger partial charge on any atom is -0.497 e. The highest BCUT2D eigenvalue weighted by Crippen LogP contribution is 2.25. The number of hydrogen-bond acceptors (Lipinski definition) is 7. The molecule has 2 aromatic rings. The molecule has 31 heavy (non-hydrogen) atoms. The van der Waals surface area contributed by atoms with Crippen molar-refractivity contribution in [3.05, 3.63) is 35.5 Å². The van der Waals surface area contributed by atoms with Crippen molar-refractivity contribution in [2.24, 2.45) is 0 Å². The Hall–Kier alpha value is -2.19. The summed E-state index contributed by atoms with van der Waals surface area (Å²) < 4.78 is 5.24. The van der Waals surface area contributed by atoms with Gasteiger partial charge in [-0.05, 0) is 43.5 Å². The molecule has 1 amide bonds. The monoisotopic (exact) mass is 461 g/mol. The highest BCUT2D eigenvalue weighted by atomic mass is 35.5. The number of nitrogens with zero attached hydrogens (tertiary/aromatic N) is 5. The van der Waals surface area contributed by atoms with Crippen LogP contribution in [0, 0.1) is 0 Å². The van der Waals surface area contributed by atoms with Crippen LogP contribution in [0.5, 0.6) is 5.75 Å². The molecule has 9 heteroatoms. The number of piperidine rings is 1. The van der Waals surface area contributed by atoms with E-state index in [1.165, 1.54) is 23.9 Å². The Morgan fingerprint density at radius 2 is 1.68 bits per heavy atom. The minimum atomic E-state index is 0.155. The van der Waals surface area contributed by atoms with Crippen molar-refractivity contribution in [3.63, 3.8) is 0 Å². The average Bonchev–Trinajstić information content (AvgIpc) is 2.83. The van der Waals surface area contributed by atoms with Gasteiger partial charge in [0.1, 0.15) is 16.7 Å². The molecule has 3 heterocycles. The second-order valence-electron chi connectivity index (χ2n) is 7.73. The number of amides is 1. The van der Waals surface area contributed by atoms with Crippen molar-refractivity contribution in [2.75, 3.05) is 61.9 Å². The van der Waals surface area contributed by atoms with Gasteiger partial charge in [0.05, 0.1) is 12.9 Å². The lowest BCUT2D eigenvalue weighted by atomic mass is 10.1. The van der Waals surface area contributed by atoms with E-state index >= 15 is 0 Å². The fourth-order valence-electron chi connectivity index (χ4n) is 3.96. The van der Waals surface area contributed by atoms with Crippen molar-refractivity contribution >= 4 is 40.8 Å². The van der Waals surface area contributed by atoms with Gasteiger partial charge in [0.2, 0.25) is 5.91 Å². The molecule has 2 aliphatic rings. The first-order chi connectivity index (χ1) is 15.1. The second kappa shape index (κ2) is 10.4. The summed E-state index contributed by atoms with van der Waals surface area (Å²) in [4.78, 5) is 28.0. The Labute approximate surface area is 192 Å². The van der Waals surface area contributed by atoms with Crippen LogP contribution < -0.4 is 14.5 Å². The van der Waals surface area contributed by atoms with Gasteiger partial charge in [0, 0.05) is 51.0 Å². The summed E-state index contributed by atoms with van der Waals surface area (Å²) >= 11 is 7.65. The van der Waals surface area contributed by atoms with Crippen LogP contribution in [0.4, 0.5) is 11.5 Å². The Morgan fingerprint density at radius 1 is 1.00 bits per heavy atom. The number of rotatable bonds is 6. The maximum Gasteiger partial charge on any atom is 0.233 e. The fourth-order valence-corrected chi connectivity index (χ4v) is 4.94. The third-order valence-electron chi connectivity index (χ3n) is 5.74. The number of carbonyl (C=O) groups excluding carboxylic acids is 1. The van der Waals surface area contributed by atoms with Gasteiger partial charge in [-0.25, -0.2) is 9.97 Å². The van der Waals surface area contributed by atoms with E-state index < -0.39 is 0 Å². The molecular weight excluding hydrogens is 434 g/mol. The Balaban J connectivity index is 1.34. The van der Waals surface area contributed by atoms with Crippen LogP contribution in [0.15, 0.2) is 35.5 Å². The predicted octanol–water partition coefficient (Wildman–Crippen LogP) is 3.57. The predicted molar refractivity (Wildman–Crippen MR) is 126 cm³/mol. The van der Waals surface area contributed by atoms with E-state index in [1.807, 2.05) is 17.0 Å². The smallest absolute Gasteiger partial charge is 0.233 e. The molecule has 166 valence electrons. The first kappa shape index (κ1) is 22.0. The quantitative estimate of drug-likeness (QED) is 0.370. The van der Waals surface area contributed by atoms with Crippen molar-refractivity contribution in [1.29, 1.82) is 0 Å². The molecule has 1 aromatic heterocycles. The number of thioether (sulfide) groups is 1. The molecule has 1 aromatic carbocycles. The third kappa shape index (κ3) is 5.74. The maximum atomic E-state index is 12.4. The number of carbonyl (C=O) groups is 1. The van der Waals surface area contributed by atoms with Gasteiger partial charge in [-0.15, -0.1) is 0 Å². The van der Waals surface area contributed by atoms with E-state index in [0.29, 0.717) is 16.1 Å². The summed E-state index contributed by atoms with van der Waals surface area (Å²) in [6.07, 6.45) is 3.40. The molecule has 0 radical (unpaired) electrons. The molecule has 0 atom stereocenters. The van der Waals surface area contributed by atoms with E-state index in [0.717, 1.165) is 63.7 Å². The summed E-state index contributed by atoms with van der Waals surface area (Å²) in [7, 11) is 1.68. The van der Waals surface area contributed by atoms with Crippen LogP contribution in [0.1, 0.15) is 19.3 Å². The van der Waals surface area contributed by atoms with Crippen molar-refractivity contribution in [1.82, 2.24) is 14.9 Å². The number of methoxy groups -OCH3 is 1. The Kier molecular flexibility index (Phi) is 7.40. The van der Waals surface area contributed by atoms with Gasteiger partial charge in [0.15, 0.2) is 5.16 Å². The number of likely N-dealkylation sites (tertiary alicyclic amines) is 1. The molecule has 0 saturated carbocycles. The van der Waals surface area contributed by atoms with Gasteiger partial charge < -0.3 is 19.4 Å². The topological polar surface area (TPSA) is 61.8 Å². The normalized spacial score (nSPS) is 17.0. The molecule has 4 rings (SSSR count). The molecule has 0 N–H and O–H groups in total. The standard InChI is InChI=1S/C22H28ClN5O2S/c1-30-18-7-5-17(6-8-18)26-11-13-27(14-12-26)20-15-19(23)24-22(25-20)31-16-21(29)28-9-3-2-4-10-28/h5-8,15H,2-4,9-14,16H2,1H3. The number of aromatic nitrogens is 2. The fraction of sp³-hybridized carbons (Fsp3) is 0.500. The first-order valence-corrected chi connectivity index (χ1v) is 12.1. The third-order valence-corrected chi connectivity index (χ3v) is 6.76. The summed E-state index contributed by atoms with van der Waals surface area (Å²) in [5, 5.41) is 0.973. The zero-order valence-corrected chi connectivity index (χ0v) is 19.4. The number of ether oxygens (including phenoxy) is 1. The van der Waals surface area contributed by atoms with Gasteiger partial charge in [-0.2, -0.15) is 0 Å². The molecular formula is C22H28ClN5O2S. The van der Waals surface area contributed by atoms with Gasteiger partial charge in [-0.3, -0.25) is 4.79 Å². The summed E-state index contributed by atoms with van der Waals surface area (Å²) in [5.74, 6) is 2.19. The molecule has 2 saturated heterocycles. The van der Waals surface area contributed by atoms with Crippen LogP contribution in [0.3, 0.4) is 0 Å². The van der Waals surface area contributed by atoms with E-state index in [-0.39, 0.29) is 5.91 Å². The number of anilines is 2. The Bertz CT molecular complexity index is 884. The largest absolute Gasteiger partial charge is 0.497 e. The van der Waals surface area contributed by atoms with Crippen LogP contribution >= 0.6 is 23.4 Å². The molecule has 2 fully saturated rings. The number of halogens is 1. The minimum absolute atomic E-state index is 0.155. The van der Waals surface area contributed by atoms with E-state index in [2.05, 4.69) is 31.9 Å². The number of hydrogen-bond donors (Lipinski definition) is 0.